The Labute approximate surface area is 182 Å². The second-order valence-electron chi connectivity index (χ2n) is 7.78. The summed E-state index contributed by atoms with van der Waals surface area (Å²) in [7, 11) is 0. The molecule has 0 saturated heterocycles. The van der Waals surface area contributed by atoms with Gasteiger partial charge < -0.3 is 4.74 Å². The summed E-state index contributed by atoms with van der Waals surface area (Å²) in [5.74, 6) is 0.194. The molecule has 0 fully saturated rings. The van der Waals surface area contributed by atoms with Crippen LogP contribution in [0.5, 0.6) is 5.75 Å². The van der Waals surface area contributed by atoms with E-state index in [1.165, 1.54) is 36.0 Å². The molecule has 3 nitrogen and oxygen atoms in total. The van der Waals surface area contributed by atoms with Crippen LogP contribution in [0.3, 0.4) is 0 Å². The predicted octanol–water partition coefficient (Wildman–Crippen LogP) is 6.45. The van der Waals surface area contributed by atoms with Crippen LogP contribution in [0.15, 0.2) is 54.6 Å². The molecule has 2 aromatic rings. The minimum absolute atomic E-state index is 0.361. The minimum atomic E-state index is -0.361. The lowest BCUT2D eigenvalue weighted by Crippen LogP contribution is -2.28. The van der Waals surface area contributed by atoms with E-state index in [1.54, 1.807) is 0 Å². The highest BCUT2D eigenvalue weighted by Gasteiger charge is 2.13. The average Bonchev–Trinajstić information content (AvgIpc) is 2.77. The second-order valence-corrected chi connectivity index (χ2v) is 7.78. The molecular formula is C27H37NO2. The number of ether oxygens (including phenoxy) is 1. The summed E-state index contributed by atoms with van der Waals surface area (Å²) >= 11 is 0. The SMILES string of the molecule is C=C(CN(CC)CC)C(=O)Oc1ccc(-c2ccc(CCCCC)cc2CC)cc1. The lowest BCUT2D eigenvalue weighted by molar-refractivity contribution is -0.130. The summed E-state index contributed by atoms with van der Waals surface area (Å²) in [6, 6.07) is 14.6. The largest absolute Gasteiger partial charge is 0.423 e. The van der Waals surface area contributed by atoms with Gasteiger partial charge in [0.05, 0.1) is 0 Å². The fraction of sp³-hybridized carbons (Fsp3) is 0.444. The molecule has 2 aromatic carbocycles. The molecule has 0 radical (unpaired) electrons. The van der Waals surface area contributed by atoms with Gasteiger partial charge in [-0.25, -0.2) is 4.79 Å². The van der Waals surface area contributed by atoms with Gasteiger partial charge in [0.1, 0.15) is 5.75 Å². The minimum Gasteiger partial charge on any atom is -0.423 e. The molecule has 0 aliphatic carbocycles. The first-order valence-electron chi connectivity index (χ1n) is 11.4. The first kappa shape index (κ1) is 23.9. The van der Waals surface area contributed by atoms with E-state index in [9.17, 15) is 4.79 Å². The van der Waals surface area contributed by atoms with E-state index in [0.29, 0.717) is 17.9 Å². The summed E-state index contributed by atoms with van der Waals surface area (Å²) in [4.78, 5) is 14.5. The Morgan fingerprint density at radius 3 is 2.27 bits per heavy atom. The van der Waals surface area contributed by atoms with Crippen LogP contribution >= 0.6 is 0 Å². The zero-order chi connectivity index (χ0) is 21.9. The maximum absolute atomic E-state index is 12.3. The monoisotopic (exact) mass is 407 g/mol. The number of likely N-dealkylation sites (N-methyl/N-ethyl adjacent to an activating group) is 1. The molecule has 0 unspecified atom stereocenters. The van der Waals surface area contributed by atoms with Crippen molar-refractivity contribution in [1.82, 2.24) is 4.90 Å². The fourth-order valence-electron chi connectivity index (χ4n) is 3.62. The van der Waals surface area contributed by atoms with Crippen LogP contribution in [-0.2, 0) is 17.6 Å². The fourth-order valence-corrected chi connectivity index (χ4v) is 3.62. The van der Waals surface area contributed by atoms with Crippen LogP contribution in [-0.4, -0.2) is 30.5 Å². The molecule has 0 atom stereocenters. The summed E-state index contributed by atoms with van der Waals surface area (Å²) in [5, 5.41) is 0. The molecule has 0 heterocycles. The van der Waals surface area contributed by atoms with Crippen LogP contribution < -0.4 is 4.74 Å². The topological polar surface area (TPSA) is 29.5 Å². The molecule has 162 valence electrons. The van der Waals surface area contributed by atoms with Crippen molar-refractivity contribution in [3.8, 4) is 16.9 Å². The van der Waals surface area contributed by atoms with E-state index >= 15 is 0 Å². The maximum Gasteiger partial charge on any atom is 0.340 e. The van der Waals surface area contributed by atoms with Gasteiger partial charge in [0.2, 0.25) is 0 Å². The number of rotatable bonds is 12. The van der Waals surface area contributed by atoms with Crippen LogP contribution in [0, 0.1) is 0 Å². The number of esters is 1. The molecule has 0 aliphatic rings. The summed E-state index contributed by atoms with van der Waals surface area (Å²) in [6.07, 6.45) is 5.92. The number of hydrogen-bond acceptors (Lipinski definition) is 3. The second kappa shape index (κ2) is 12.3. The molecule has 0 N–H and O–H groups in total. The van der Waals surface area contributed by atoms with E-state index in [0.717, 1.165) is 31.5 Å². The predicted molar refractivity (Wildman–Crippen MR) is 127 cm³/mol. The smallest absolute Gasteiger partial charge is 0.340 e. The third kappa shape index (κ3) is 6.84. The first-order chi connectivity index (χ1) is 14.5. The van der Waals surface area contributed by atoms with Crippen molar-refractivity contribution in [3.63, 3.8) is 0 Å². The van der Waals surface area contributed by atoms with Gasteiger partial charge in [0.25, 0.3) is 0 Å². The normalized spacial score (nSPS) is 11.0. The van der Waals surface area contributed by atoms with Crippen molar-refractivity contribution in [2.45, 2.75) is 59.8 Å². The van der Waals surface area contributed by atoms with E-state index in [2.05, 4.69) is 57.4 Å². The zero-order valence-corrected chi connectivity index (χ0v) is 19.2. The molecule has 2 rings (SSSR count). The lowest BCUT2D eigenvalue weighted by atomic mass is 9.94. The van der Waals surface area contributed by atoms with Crippen LogP contribution in [0.2, 0.25) is 0 Å². The van der Waals surface area contributed by atoms with Crippen LogP contribution in [0.25, 0.3) is 11.1 Å². The Kier molecular flexibility index (Phi) is 9.82. The maximum atomic E-state index is 12.3. The third-order valence-electron chi connectivity index (χ3n) is 5.59. The Morgan fingerprint density at radius 1 is 0.967 bits per heavy atom. The highest BCUT2D eigenvalue weighted by molar-refractivity contribution is 5.90. The highest BCUT2D eigenvalue weighted by Crippen LogP contribution is 2.28. The Hall–Kier alpha value is -2.39. The van der Waals surface area contributed by atoms with Crippen LogP contribution in [0.4, 0.5) is 0 Å². The third-order valence-corrected chi connectivity index (χ3v) is 5.59. The Morgan fingerprint density at radius 2 is 1.67 bits per heavy atom. The number of hydrogen-bond donors (Lipinski definition) is 0. The van der Waals surface area contributed by atoms with E-state index in [1.807, 2.05) is 24.3 Å². The summed E-state index contributed by atoms with van der Waals surface area (Å²) in [5.41, 5.74) is 5.66. The highest BCUT2D eigenvalue weighted by atomic mass is 16.5. The Balaban J connectivity index is 2.06. The first-order valence-corrected chi connectivity index (χ1v) is 11.4. The zero-order valence-electron chi connectivity index (χ0n) is 19.2. The molecule has 30 heavy (non-hydrogen) atoms. The van der Waals surface area contributed by atoms with Gasteiger partial charge in [-0.05, 0) is 66.7 Å². The molecule has 0 amide bonds. The van der Waals surface area contributed by atoms with Crippen molar-refractivity contribution in [2.75, 3.05) is 19.6 Å². The number of benzene rings is 2. The van der Waals surface area contributed by atoms with E-state index < -0.39 is 0 Å². The summed E-state index contributed by atoms with van der Waals surface area (Å²) < 4.78 is 5.52. The average molecular weight is 408 g/mol. The quantitative estimate of drug-likeness (QED) is 0.175. The standard InChI is InChI=1S/C27H37NO2/c1-6-10-11-12-22-13-18-26(23(7-2)19-22)24-14-16-25(17-15-24)30-27(29)21(5)20-28(8-3)9-4/h13-19H,5-12,20H2,1-4H3. The van der Waals surface area contributed by atoms with Gasteiger partial charge >= 0.3 is 5.97 Å². The van der Waals surface area contributed by atoms with Crippen molar-refractivity contribution < 1.29 is 9.53 Å². The van der Waals surface area contributed by atoms with Gasteiger partial charge in [-0.2, -0.15) is 0 Å². The number of carbonyl (C=O) groups excluding carboxylic acids is 1. The van der Waals surface area contributed by atoms with Gasteiger partial charge in [0, 0.05) is 12.1 Å². The molecule has 0 aliphatic heterocycles. The van der Waals surface area contributed by atoms with E-state index in [-0.39, 0.29) is 5.97 Å². The molecule has 0 saturated carbocycles. The molecule has 0 spiro atoms. The van der Waals surface area contributed by atoms with Crippen molar-refractivity contribution >= 4 is 5.97 Å². The number of unbranched alkanes of at least 4 members (excludes halogenated alkanes) is 2. The van der Waals surface area contributed by atoms with Gasteiger partial charge in [0.15, 0.2) is 0 Å². The summed E-state index contributed by atoms with van der Waals surface area (Å²) in [6.45, 7) is 14.8. The van der Waals surface area contributed by atoms with Gasteiger partial charge in [-0.3, -0.25) is 4.90 Å². The number of aryl methyl sites for hydroxylation is 2. The van der Waals surface area contributed by atoms with E-state index in [4.69, 9.17) is 4.74 Å². The van der Waals surface area contributed by atoms with Crippen molar-refractivity contribution in [1.29, 1.82) is 0 Å². The number of carbonyl (C=O) groups is 1. The molecule has 0 bridgehead atoms. The van der Waals surface area contributed by atoms with Crippen LogP contribution in [0.1, 0.15) is 58.1 Å². The lowest BCUT2D eigenvalue weighted by Gasteiger charge is -2.18. The van der Waals surface area contributed by atoms with Crippen molar-refractivity contribution in [2.24, 2.45) is 0 Å². The molecule has 0 aromatic heterocycles. The van der Waals surface area contributed by atoms with Crippen molar-refractivity contribution in [3.05, 3.63) is 65.7 Å². The van der Waals surface area contributed by atoms with Gasteiger partial charge in [-0.1, -0.05) is 77.4 Å². The molecular weight excluding hydrogens is 370 g/mol. The molecule has 3 heteroatoms. The van der Waals surface area contributed by atoms with Gasteiger partial charge in [-0.15, -0.1) is 0 Å². The number of nitrogens with zero attached hydrogens (tertiary/aromatic N) is 1. The Bertz CT molecular complexity index is 819.